The third kappa shape index (κ3) is 4.26. The summed E-state index contributed by atoms with van der Waals surface area (Å²) in [6.07, 6.45) is 0. The molecule has 0 aromatic rings. The smallest absolute Gasteiger partial charge is 0.202 e. The van der Waals surface area contributed by atoms with Gasteiger partial charge in [-0.05, 0) is 27.7 Å². The van der Waals surface area contributed by atoms with Crippen molar-refractivity contribution < 1.29 is 0 Å². The lowest BCUT2D eigenvalue weighted by Gasteiger charge is -2.33. The van der Waals surface area contributed by atoms with Crippen molar-refractivity contribution in [1.82, 2.24) is 15.5 Å². The van der Waals surface area contributed by atoms with Gasteiger partial charge in [-0.2, -0.15) is 0 Å². The van der Waals surface area contributed by atoms with E-state index < -0.39 is 0 Å². The van der Waals surface area contributed by atoms with Crippen molar-refractivity contribution in [2.75, 3.05) is 14.1 Å². The fourth-order valence-electron chi connectivity index (χ4n) is 1.28. The minimum atomic E-state index is -0.307. The van der Waals surface area contributed by atoms with Crippen molar-refractivity contribution in [3.63, 3.8) is 0 Å². The number of nitrogens with one attached hydrogen (secondary N) is 2. The molecule has 0 aliphatic carbocycles. The highest BCUT2D eigenvalue weighted by Gasteiger charge is 2.25. The van der Waals surface area contributed by atoms with Gasteiger partial charge >= 0.3 is 0 Å². The molecule has 5 nitrogen and oxygen atoms in total. The van der Waals surface area contributed by atoms with Gasteiger partial charge in [0, 0.05) is 20.1 Å². The van der Waals surface area contributed by atoms with E-state index in [1.54, 1.807) is 0 Å². The summed E-state index contributed by atoms with van der Waals surface area (Å²) in [6, 6.07) is 0.261. The van der Waals surface area contributed by atoms with Crippen LogP contribution in [0.15, 0.2) is 9.98 Å². The molecule has 16 heavy (non-hydrogen) atoms. The number of rotatable bonds is 1. The highest BCUT2D eigenvalue weighted by Crippen LogP contribution is 2.08. The van der Waals surface area contributed by atoms with Crippen LogP contribution in [0.1, 0.15) is 27.7 Å². The van der Waals surface area contributed by atoms with Crippen LogP contribution in [0.4, 0.5) is 0 Å². The molecular formula is C10H22ClN5. The number of aliphatic imine (C=N–C) groups is 2. The molecule has 0 bridgehead atoms. The average Bonchev–Trinajstić information content (AvgIpc) is 1.98. The Kier molecular flexibility index (Phi) is 5.06. The molecule has 0 aromatic carbocycles. The van der Waals surface area contributed by atoms with E-state index in [2.05, 4.69) is 20.6 Å². The number of hydrogen-bond donors (Lipinski definition) is 2. The Bertz CT molecular complexity index is 294. The Hall–Kier alpha value is -0.970. The molecule has 0 aromatic heterocycles. The second kappa shape index (κ2) is 5.39. The van der Waals surface area contributed by atoms with Crippen LogP contribution in [0.25, 0.3) is 0 Å². The van der Waals surface area contributed by atoms with Gasteiger partial charge in [-0.1, -0.05) is 0 Å². The van der Waals surface area contributed by atoms with Gasteiger partial charge in [0.2, 0.25) is 5.96 Å². The van der Waals surface area contributed by atoms with Crippen molar-refractivity contribution in [3.8, 4) is 0 Å². The van der Waals surface area contributed by atoms with Crippen LogP contribution in [-0.4, -0.2) is 42.6 Å². The van der Waals surface area contributed by atoms with Crippen molar-refractivity contribution >= 4 is 24.3 Å². The first-order valence-electron chi connectivity index (χ1n) is 5.20. The lowest BCUT2D eigenvalue weighted by molar-refractivity contribution is 0.444. The van der Waals surface area contributed by atoms with Crippen LogP contribution in [0.5, 0.6) is 0 Å². The average molecular weight is 248 g/mol. The second-order valence-electron chi connectivity index (χ2n) is 4.71. The molecule has 1 rings (SSSR count). The van der Waals surface area contributed by atoms with E-state index in [1.807, 2.05) is 46.7 Å². The maximum absolute atomic E-state index is 4.51. The summed E-state index contributed by atoms with van der Waals surface area (Å²) in [6.45, 7) is 8.13. The molecule has 2 N–H and O–H groups in total. The summed E-state index contributed by atoms with van der Waals surface area (Å²) < 4.78 is 0. The first kappa shape index (κ1) is 15.0. The minimum Gasteiger partial charge on any atom is -0.349 e. The third-order valence-corrected chi connectivity index (χ3v) is 1.85. The van der Waals surface area contributed by atoms with Gasteiger partial charge in [-0.3, -0.25) is 10.3 Å². The zero-order valence-electron chi connectivity index (χ0n) is 10.8. The Labute approximate surface area is 104 Å². The van der Waals surface area contributed by atoms with Gasteiger partial charge in [0.05, 0.1) is 0 Å². The molecule has 0 amide bonds. The van der Waals surface area contributed by atoms with Crippen LogP contribution in [0.3, 0.4) is 0 Å². The molecule has 0 saturated carbocycles. The number of nitrogens with zero attached hydrogens (tertiary/aromatic N) is 3. The van der Waals surface area contributed by atoms with E-state index in [1.165, 1.54) is 0 Å². The summed E-state index contributed by atoms with van der Waals surface area (Å²) in [7, 11) is 3.92. The molecule has 0 fully saturated rings. The molecular weight excluding hydrogens is 226 g/mol. The van der Waals surface area contributed by atoms with Crippen molar-refractivity contribution in [3.05, 3.63) is 0 Å². The molecule has 0 spiro atoms. The summed E-state index contributed by atoms with van der Waals surface area (Å²) in [4.78, 5) is 10.9. The molecule has 0 saturated heterocycles. The third-order valence-electron chi connectivity index (χ3n) is 1.85. The first-order valence-corrected chi connectivity index (χ1v) is 5.20. The Morgan fingerprint density at radius 2 is 1.88 bits per heavy atom. The summed E-state index contributed by atoms with van der Waals surface area (Å²) in [5, 5.41) is 6.39. The van der Waals surface area contributed by atoms with E-state index in [4.69, 9.17) is 0 Å². The number of guanidine groups is 2. The molecule has 0 unspecified atom stereocenters. The predicted molar refractivity (Wildman–Crippen MR) is 71.3 cm³/mol. The van der Waals surface area contributed by atoms with E-state index in [0.29, 0.717) is 0 Å². The van der Waals surface area contributed by atoms with Crippen LogP contribution >= 0.6 is 12.4 Å². The van der Waals surface area contributed by atoms with Crippen LogP contribution in [0.2, 0.25) is 0 Å². The number of halogens is 1. The van der Waals surface area contributed by atoms with Gasteiger partial charge in [0.15, 0.2) is 5.96 Å². The van der Waals surface area contributed by atoms with Gasteiger partial charge in [0.25, 0.3) is 0 Å². The Balaban J connectivity index is 0.00000225. The largest absolute Gasteiger partial charge is 0.349 e. The monoisotopic (exact) mass is 247 g/mol. The SMILES string of the molecule is CC(C)N=C1NC(N(C)C)=NC(C)(C)N1.Cl. The normalized spacial score (nSPS) is 20.7. The highest BCUT2D eigenvalue weighted by molar-refractivity contribution is 6.00. The first-order chi connectivity index (χ1) is 6.80. The molecule has 1 aliphatic rings. The molecule has 0 radical (unpaired) electrons. The molecule has 94 valence electrons. The van der Waals surface area contributed by atoms with E-state index in [0.717, 1.165) is 11.9 Å². The van der Waals surface area contributed by atoms with Crippen LogP contribution < -0.4 is 10.6 Å². The van der Waals surface area contributed by atoms with E-state index in [-0.39, 0.29) is 24.1 Å². The van der Waals surface area contributed by atoms with Crippen LogP contribution in [0, 0.1) is 0 Å². The molecule has 1 heterocycles. The second-order valence-corrected chi connectivity index (χ2v) is 4.71. The van der Waals surface area contributed by atoms with Gasteiger partial charge < -0.3 is 10.2 Å². The Morgan fingerprint density at radius 1 is 1.31 bits per heavy atom. The molecule has 1 aliphatic heterocycles. The summed E-state index contributed by atoms with van der Waals surface area (Å²) >= 11 is 0. The van der Waals surface area contributed by atoms with E-state index >= 15 is 0 Å². The summed E-state index contributed by atoms with van der Waals surface area (Å²) in [5.41, 5.74) is -0.307. The number of hydrogen-bond acceptors (Lipinski definition) is 3. The quantitative estimate of drug-likeness (QED) is 0.728. The maximum atomic E-state index is 4.51. The lowest BCUT2D eigenvalue weighted by atomic mass is 10.2. The van der Waals surface area contributed by atoms with Crippen molar-refractivity contribution in [1.29, 1.82) is 0 Å². The Morgan fingerprint density at radius 3 is 2.31 bits per heavy atom. The minimum absolute atomic E-state index is 0. The zero-order chi connectivity index (χ0) is 11.6. The molecule has 6 heteroatoms. The predicted octanol–water partition coefficient (Wildman–Crippen LogP) is 1.02. The van der Waals surface area contributed by atoms with Crippen molar-refractivity contribution in [2.45, 2.75) is 39.4 Å². The fourth-order valence-corrected chi connectivity index (χ4v) is 1.28. The zero-order valence-corrected chi connectivity index (χ0v) is 11.6. The standard InChI is InChI=1S/C10H21N5.ClH/c1-7(2)11-8-12-9(15(5)6)14-10(3,4)13-8;/h7H,1-6H3,(H2,11,12,13,14);1H. The fraction of sp³-hybridized carbons (Fsp3) is 0.800. The van der Waals surface area contributed by atoms with Crippen molar-refractivity contribution in [2.24, 2.45) is 9.98 Å². The van der Waals surface area contributed by atoms with Gasteiger partial charge in [-0.15, -0.1) is 12.4 Å². The lowest BCUT2D eigenvalue weighted by Crippen LogP contribution is -2.58. The van der Waals surface area contributed by atoms with E-state index in [9.17, 15) is 0 Å². The molecule has 0 atom stereocenters. The van der Waals surface area contributed by atoms with Gasteiger partial charge in [-0.25, -0.2) is 4.99 Å². The van der Waals surface area contributed by atoms with Gasteiger partial charge in [0.1, 0.15) is 5.66 Å². The van der Waals surface area contributed by atoms with Crippen LogP contribution in [-0.2, 0) is 0 Å². The highest BCUT2D eigenvalue weighted by atomic mass is 35.5. The topological polar surface area (TPSA) is 52.0 Å². The maximum Gasteiger partial charge on any atom is 0.202 e. The summed E-state index contributed by atoms with van der Waals surface area (Å²) in [5.74, 6) is 1.62.